The zero-order valence-electron chi connectivity index (χ0n) is 11.8. The number of fused-ring (bicyclic) bond motifs is 1. The predicted molar refractivity (Wildman–Crippen MR) is 84.0 cm³/mol. The van der Waals surface area contributed by atoms with Crippen LogP contribution in [0.4, 0.5) is 11.4 Å². The van der Waals surface area contributed by atoms with Gasteiger partial charge in [-0.25, -0.2) is 0 Å². The van der Waals surface area contributed by atoms with Crippen molar-refractivity contribution in [1.82, 2.24) is 0 Å². The Labute approximate surface area is 119 Å². The molecular weight excluding hydrogens is 252 g/mol. The molecule has 0 fully saturated rings. The number of rotatable bonds is 3. The molecule has 4 N–H and O–H groups in total. The minimum absolute atomic E-state index is 0.0152. The van der Waals surface area contributed by atoms with Gasteiger partial charge in [-0.2, -0.15) is 0 Å². The van der Waals surface area contributed by atoms with Crippen LogP contribution in [0.2, 0.25) is 0 Å². The van der Waals surface area contributed by atoms with Gasteiger partial charge in [-0.05, 0) is 19.9 Å². The Bertz CT molecular complexity index is 563. The molecule has 1 atom stereocenters. The highest BCUT2D eigenvalue weighted by atomic mass is 16.1. The molecule has 1 amide bonds. The number of amides is 1. The maximum absolute atomic E-state index is 11.8. The maximum atomic E-state index is 11.8. The molecule has 0 saturated heterocycles. The van der Waals surface area contributed by atoms with Gasteiger partial charge in [-0.3, -0.25) is 9.79 Å². The lowest BCUT2D eigenvalue weighted by Gasteiger charge is -2.16. The summed E-state index contributed by atoms with van der Waals surface area (Å²) in [6.07, 6.45) is 3.74. The monoisotopic (exact) mass is 272 g/mol. The quantitative estimate of drug-likeness (QED) is 0.738. The highest BCUT2D eigenvalue weighted by Gasteiger charge is 2.20. The number of carbonyl (C=O) groups excluding carboxylic acids is 1. The number of hydrogen-bond donors (Lipinski definition) is 3. The van der Waals surface area contributed by atoms with Gasteiger partial charge < -0.3 is 16.4 Å². The van der Waals surface area contributed by atoms with Crippen LogP contribution in [0, 0.1) is 0 Å². The number of nitrogens with two attached hydrogens (primary N) is 1. The van der Waals surface area contributed by atoms with Crippen LogP contribution in [0.3, 0.4) is 0 Å². The number of carbonyl (C=O) groups is 1. The first kappa shape index (κ1) is 14.1. The number of benzene rings is 1. The van der Waals surface area contributed by atoms with Crippen molar-refractivity contribution in [2.24, 2.45) is 10.7 Å². The second kappa shape index (κ2) is 6.23. The van der Waals surface area contributed by atoms with Gasteiger partial charge in [0.25, 0.3) is 0 Å². The van der Waals surface area contributed by atoms with Crippen LogP contribution in [-0.2, 0) is 4.79 Å². The average molecular weight is 272 g/mol. The van der Waals surface area contributed by atoms with Gasteiger partial charge in [0.05, 0.1) is 11.4 Å². The predicted octanol–water partition coefficient (Wildman–Crippen LogP) is 2.22. The molecule has 1 aromatic rings. The lowest BCUT2D eigenvalue weighted by atomic mass is 10.0. The lowest BCUT2D eigenvalue weighted by molar-refractivity contribution is -0.116. The topological polar surface area (TPSA) is 79.5 Å². The number of nitrogens with one attached hydrogen (secondary N) is 2. The maximum Gasteiger partial charge on any atom is 0.226 e. The minimum Gasteiger partial charge on any atom is -0.404 e. The van der Waals surface area contributed by atoms with Crippen LogP contribution in [0.1, 0.15) is 25.8 Å². The van der Waals surface area contributed by atoms with Crippen LogP contribution in [0.25, 0.3) is 5.57 Å². The van der Waals surface area contributed by atoms with E-state index in [4.69, 9.17) is 5.73 Å². The van der Waals surface area contributed by atoms with Crippen molar-refractivity contribution in [3.05, 3.63) is 30.0 Å². The molecule has 0 bridgehead atoms. The van der Waals surface area contributed by atoms with Crippen molar-refractivity contribution in [2.45, 2.75) is 26.3 Å². The number of para-hydroxylation sites is 1. The van der Waals surface area contributed by atoms with E-state index < -0.39 is 0 Å². The Hall–Kier alpha value is -2.30. The van der Waals surface area contributed by atoms with Gasteiger partial charge in [0, 0.05) is 42.6 Å². The third kappa shape index (κ3) is 2.99. The summed E-state index contributed by atoms with van der Waals surface area (Å²) in [5, 5.41) is 6.29. The van der Waals surface area contributed by atoms with E-state index >= 15 is 0 Å². The first-order chi connectivity index (χ1) is 9.65. The summed E-state index contributed by atoms with van der Waals surface area (Å²) in [4.78, 5) is 16.0. The second-order valence-corrected chi connectivity index (χ2v) is 4.78. The fraction of sp³-hybridized carbons (Fsp3) is 0.333. The van der Waals surface area contributed by atoms with Gasteiger partial charge in [0.15, 0.2) is 0 Å². The average Bonchev–Trinajstić information content (AvgIpc) is 2.56. The van der Waals surface area contributed by atoms with E-state index in [1.54, 1.807) is 6.21 Å². The molecule has 106 valence electrons. The third-order valence-corrected chi connectivity index (χ3v) is 3.12. The summed E-state index contributed by atoms with van der Waals surface area (Å²) in [5.74, 6) is 0.0152. The van der Waals surface area contributed by atoms with E-state index in [2.05, 4.69) is 15.6 Å². The molecule has 5 heteroatoms. The minimum atomic E-state index is 0.0152. The van der Waals surface area contributed by atoms with Crippen LogP contribution in [0.15, 0.2) is 29.4 Å². The van der Waals surface area contributed by atoms with Gasteiger partial charge in [0.1, 0.15) is 0 Å². The SMILES string of the molecule is CCN=CC(=CN)c1cccc2c1N[C@H](C)CC(=O)N2. The molecule has 0 saturated carbocycles. The molecule has 1 heterocycles. The van der Waals surface area contributed by atoms with E-state index in [0.29, 0.717) is 13.0 Å². The molecule has 1 aromatic carbocycles. The van der Waals surface area contributed by atoms with Crippen molar-refractivity contribution in [3.8, 4) is 0 Å². The van der Waals surface area contributed by atoms with Crippen molar-refractivity contribution in [3.63, 3.8) is 0 Å². The smallest absolute Gasteiger partial charge is 0.226 e. The van der Waals surface area contributed by atoms with Crippen molar-refractivity contribution in [1.29, 1.82) is 0 Å². The van der Waals surface area contributed by atoms with E-state index in [0.717, 1.165) is 22.5 Å². The van der Waals surface area contributed by atoms with Gasteiger partial charge in [-0.1, -0.05) is 12.1 Å². The second-order valence-electron chi connectivity index (χ2n) is 4.78. The van der Waals surface area contributed by atoms with Crippen LogP contribution in [0.5, 0.6) is 0 Å². The molecule has 0 aliphatic carbocycles. The van der Waals surface area contributed by atoms with E-state index in [-0.39, 0.29) is 11.9 Å². The van der Waals surface area contributed by atoms with E-state index in [9.17, 15) is 4.79 Å². The van der Waals surface area contributed by atoms with Crippen molar-refractivity contribution in [2.75, 3.05) is 17.2 Å². The Morgan fingerprint density at radius 1 is 1.55 bits per heavy atom. The van der Waals surface area contributed by atoms with Crippen LogP contribution < -0.4 is 16.4 Å². The normalized spacial score (nSPS) is 19.2. The molecule has 1 aliphatic heterocycles. The van der Waals surface area contributed by atoms with Gasteiger partial charge in [0.2, 0.25) is 5.91 Å². The Morgan fingerprint density at radius 2 is 2.35 bits per heavy atom. The first-order valence-corrected chi connectivity index (χ1v) is 6.77. The molecule has 1 aliphatic rings. The molecule has 2 rings (SSSR count). The first-order valence-electron chi connectivity index (χ1n) is 6.77. The highest BCUT2D eigenvalue weighted by molar-refractivity contribution is 6.13. The molecule has 20 heavy (non-hydrogen) atoms. The number of hydrogen-bond acceptors (Lipinski definition) is 4. The van der Waals surface area contributed by atoms with Gasteiger partial charge in [-0.15, -0.1) is 0 Å². The fourth-order valence-electron chi connectivity index (χ4n) is 2.22. The summed E-state index contributed by atoms with van der Waals surface area (Å²) < 4.78 is 0. The van der Waals surface area contributed by atoms with Crippen LogP contribution >= 0.6 is 0 Å². The standard InChI is InChI=1S/C15H20N4O/c1-3-17-9-11(8-16)12-5-4-6-13-15(12)18-10(2)7-14(20)19-13/h4-6,8-10,18H,3,7,16H2,1-2H3,(H,19,20)/t10-/m1/s1. The number of anilines is 2. The van der Waals surface area contributed by atoms with Crippen molar-refractivity contribution >= 4 is 29.1 Å². The summed E-state index contributed by atoms with van der Waals surface area (Å²) in [6.45, 7) is 4.65. The van der Waals surface area contributed by atoms with E-state index in [1.807, 2.05) is 32.0 Å². The Kier molecular flexibility index (Phi) is 4.40. The molecule has 0 spiro atoms. The third-order valence-electron chi connectivity index (χ3n) is 3.12. The Balaban J connectivity index is 2.48. The summed E-state index contributed by atoms with van der Waals surface area (Å²) in [5.41, 5.74) is 9.16. The van der Waals surface area contributed by atoms with Crippen LogP contribution in [-0.4, -0.2) is 24.7 Å². The molecule has 0 unspecified atom stereocenters. The Morgan fingerprint density at radius 3 is 3.05 bits per heavy atom. The molecule has 0 aromatic heterocycles. The lowest BCUT2D eigenvalue weighted by Crippen LogP contribution is -2.19. The molecular formula is C15H20N4O. The zero-order valence-corrected chi connectivity index (χ0v) is 11.8. The number of nitrogens with zero attached hydrogens (tertiary/aromatic N) is 1. The summed E-state index contributed by atoms with van der Waals surface area (Å²) in [7, 11) is 0. The van der Waals surface area contributed by atoms with Crippen molar-refractivity contribution < 1.29 is 4.79 Å². The highest BCUT2D eigenvalue weighted by Crippen LogP contribution is 2.33. The molecule has 5 nitrogen and oxygen atoms in total. The fourth-order valence-corrected chi connectivity index (χ4v) is 2.22. The summed E-state index contributed by atoms with van der Waals surface area (Å²) in [6, 6.07) is 5.82. The molecule has 0 radical (unpaired) electrons. The zero-order chi connectivity index (χ0) is 14.5. The largest absolute Gasteiger partial charge is 0.404 e. The van der Waals surface area contributed by atoms with E-state index in [1.165, 1.54) is 6.20 Å². The number of allylic oxidation sites excluding steroid dienone is 1. The summed E-state index contributed by atoms with van der Waals surface area (Å²) >= 11 is 0. The van der Waals surface area contributed by atoms with Gasteiger partial charge >= 0.3 is 0 Å². The number of aliphatic imine (C=N–C) groups is 1.